The third-order valence-electron chi connectivity index (χ3n) is 5.03. The summed E-state index contributed by atoms with van der Waals surface area (Å²) in [6, 6.07) is 42.0. The summed E-state index contributed by atoms with van der Waals surface area (Å²) in [4.78, 5) is 0. The van der Waals surface area contributed by atoms with Crippen LogP contribution in [0.3, 0.4) is 0 Å². The molecule has 3 radical (unpaired) electrons. The minimum atomic E-state index is 0. The van der Waals surface area contributed by atoms with E-state index in [1.54, 1.807) is 30.3 Å². The van der Waals surface area contributed by atoms with Crippen LogP contribution >= 0.6 is 0 Å². The van der Waals surface area contributed by atoms with Crippen molar-refractivity contribution in [3.8, 4) is 17.2 Å². The maximum absolute atomic E-state index is 9.35. The van der Waals surface area contributed by atoms with E-state index in [1.165, 1.54) is 0 Å². The average molecular weight is 1250 g/mol. The first kappa shape index (κ1) is 44.3. The van der Waals surface area contributed by atoms with Gasteiger partial charge in [-0.2, -0.15) is 24.3 Å². The molecule has 0 bridgehead atoms. The Labute approximate surface area is 347 Å². The molecule has 6 aromatic carbocycles. The van der Waals surface area contributed by atoms with Crippen molar-refractivity contribution < 1.29 is 177 Å². The second-order valence-corrected chi connectivity index (χ2v) is 7.27. The van der Waals surface area contributed by atoms with E-state index in [2.05, 4.69) is 18.2 Å². The monoisotopic (exact) mass is 1250 g/mol. The van der Waals surface area contributed by atoms with Crippen LogP contribution < -0.4 is 0 Å². The Morgan fingerprint density at radius 1 is 0.487 bits per heavy atom. The average Bonchev–Trinajstić information content (AvgIpc) is 2.86. The number of hydrogen-bond donors (Lipinski definition) is 3. The first-order chi connectivity index (χ1) is 16.1. The van der Waals surface area contributed by atoms with E-state index in [0.29, 0.717) is 17.2 Å². The number of phenolic OH excluding ortho intramolecular Hbond substituents is 3. The van der Waals surface area contributed by atoms with Gasteiger partial charge in [-0.05, 0) is 18.2 Å². The summed E-state index contributed by atoms with van der Waals surface area (Å²) in [6.45, 7) is 0. The molecule has 6 aromatic rings. The van der Waals surface area contributed by atoms with Gasteiger partial charge in [0, 0.05) is 167 Å². The quantitative estimate of drug-likeness (QED) is 0.144. The van der Waals surface area contributed by atoms with Gasteiger partial charge >= 0.3 is 0 Å². The largest absolute Gasteiger partial charge is 0.527 e. The second kappa shape index (κ2) is 23.3. The topological polar surface area (TPSA) is 60.7 Å². The van der Waals surface area contributed by atoms with Crippen LogP contribution in [0.15, 0.2) is 109 Å². The minimum absolute atomic E-state index is 0. The number of hydrogen-bond acceptors (Lipinski definition) is 3. The van der Waals surface area contributed by atoms with Crippen LogP contribution in [0.25, 0.3) is 32.3 Å². The summed E-state index contributed by atoms with van der Waals surface area (Å²) in [7, 11) is 0. The van der Waals surface area contributed by atoms with Crippen molar-refractivity contribution in [3.63, 3.8) is 0 Å². The fourth-order valence-corrected chi connectivity index (χ4v) is 3.38. The zero-order valence-electron chi connectivity index (χ0n) is 20.7. The van der Waals surface area contributed by atoms with Crippen LogP contribution in [0.1, 0.15) is 0 Å². The molecule has 0 aliphatic carbocycles. The van der Waals surface area contributed by atoms with Gasteiger partial charge in [0.2, 0.25) is 0 Å². The molecule has 0 spiro atoms. The van der Waals surface area contributed by atoms with Crippen LogP contribution in [-0.4, -0.2) is 15.3 Å². The molecule has 6 rings (SSSR count). The third kappa shape index (κ3) is 13.4. The van der Waals surface area contributed by atoms with Crippen LogP contribution in [-0.2, 0) is 161 Å². The first-order valence-electron chi connectivity index (χ1n) is 10.4. The molecule has 0 heterocycles. The van der Waals surface area contributed by atoms with Crippen molar-refractivity contribution in [2.75, 3.05) is 0 Å². The summed E-state index contributed by atoms with van der Waals surface area (Å²) in [5.74, 6) is 0.947. The van der Waals surface area contributed by atoms with Gasteiger partial charge in [0.25, 0.3) is 0 Å². The third-order valence-corrected chi connectivity index (χ3v) is 5.03. The van der Waals surface area contributed by atoms with Crippen LogP contribution in [0, 0.1) is 18.2 Å². The molecule has 0 aliphatic heterocycles. The predicted octanol–water partition coefficient (Wildman–Crippen LogP) is 7.02. The van der Waals surface area contributed by atoms with Gasteiger partial charge in [-0.1, -0.05) is 22.9 Å². The fourth-order valence-electron chi connectivity index (χ4n) is 3.38. The summed E-state index contributed by atoms with van der Waals surface area (Å²) >= 11 is 0. The number of benzene rings is 6. The van der Waals surface area contributed by atoms with E-state index in [0.717, 1.165) is 32.3 Å². The molecule has 0 fully saturated rings. The molecule has 0 aromatic heterocycles. The maximum Gasteiger partial charge on any atom is 0.113 e. The van der Waals surface area contributed by atoms with Gasteiger partial charge < -0.3 is 15.3 Å². The Hall–Kier alpha value is 0.877. The molecule has 0 amide bonds. The van der Waals surface area contributed by atoms with E-state index in [-0.39, 0.29) is 161 Å². The summed E-state index contributed by atoms with van der Waals surface area (Å²) in [5, 5.41) is 33.6. The van der Waals surface area contributed by atoms with Crippen molar-refractivity contribution in [1.82, 2.24) is 0 Å². The molecular weight excluding hydrogens is 1230 g/mol. The van der Waals surface area contributed by atoms with Crippen molar-refractivity contribution in [1.29, 1.82) is 0 Å². The zero-order chi connectivity index (χ0) is 23.0. The van der Waals surface area contributed by atoms with Crippen LogP contribution in [0.4, 0.5) is 0 Å². The number of aromatic hydroxyl groups is 3. The minimum Gasteiger partial charge on any atom is -0.527 e. The Kier molecular flexibility index (Phi) is 26.5. The maximum atomic E-state index is 9.35. The van der Waals surface area contributed by atoms with Gasteiger partial charge in [-0.15, -0.1) is 94.3 Å². The first-order valence-corrected chi connectivity index (χ1v) is 10.4. The molecule has 0 saturated heterocycles. The molecular formula is C30H21O3W3Y3-3. The van der Waals surface area contributed by atoms with Gasteiger partial charge in [-0.25, -0.2) is 0 Å². The summed E-state index contributed by atoms with van der Waals surface area (Å²) < 4.78 is 0. The second-order valence-electron chi connectivity index (χ2n) is 7.27. The number of rotatable bonds is 0. The molecule has 39 heavy (non-hydrogen) atoms. The summed E-state index contributed by atoms with van der Waals surface area (Å²) in [6.07, 6.45) is 0. The number of fused-ring (bicyclic) bond motifs is 3. The van der Waals surface area contributed by atoms with Crippen LogP contribution in [0.5, 0.6) is 17.2 Å². The van der Waals surface area contributed by atoms with Gasteiger partial charge in [-0.3, -0.25) is 0 Å². The molecule has 9 heteroatoms. The van der Waals surface area contributed by atoms with Crippen molar-refractivity contribution in [2.45, 2.75) is 0 Å². The standard InChI is InChI=1S/3C10H7O.3W.3Y/c2*11-10-7-3-5-8-4-1-2-6-9(8)10;11-10-6-5-8-3-1-2-4-9(8)7-10;;;;;;/h1-3,5-7,11H;1-4,6-7,11H;2-7,11H;;;;;;/q3*-1;;;;;;. The molecule has 0 atom stereocenters. The Morgan fingerprint density at radius 3 is 1.77 bits per heavy atom. The van der Waals surface area contributed by atoms with Crippen molar-refractivity contribution in [3.05, 3.63) is 127 Å². The molecule has 0 unspecified atom stereocenters. The van der Waals surface area contributed by atoms with Crippen molar-refractivity contribution >= 4 is 32.3 Å². The van der Waals surface area contributed by atoms with Gasteiger partial charge in [0.1, 0.15) is 5.75 Å². The van der Waals surface area contributed by atoms with E-state index in [4.69, 9.17) is 5.11 Å². The molecule has 189 valence electrons. The Balaban J connectivity index is -0.000000463. The fraction of sp³-hybridized carbons (Fsp3) is 0. The van der Waals surface area contributed by atoms with E-state index in [9.17, 15) is 10.2 Å². The van der Waals surface area contributed by atoms with Crippen molar-refractivity contribution in [2.24, 2.45) is 0 Å². The van der Waals surface area contributed by atoms with E-state index in [1.807, 2.05) is 78.9 Å². The number of phenols is 3. The Morgan fingerprint density at radius 2 is 1.08 bits per heavy atom. The normalized spacial score (nSPS) is 8.62. The molecule has 0 aliphatic rings. The smallest absolute Gasteiger partial charge is 0.113 e. The molecule has 3 nitrogen and oxygen atoms in total. The zero-order valence-corrected chi connectivity index (χ0v) is 38.0. The Bertz CT molecular complexity index is 1440. The van der Waals surface area contributed by atoms with Crippen LogP contribution in [0.2, 0.25) is 0 Å². The van der Waals surface area contributed by atoms with E-state index >= 15 is 0 Å². The molecule has 0 saturated carbocycles. The predicted molar refractivity (Wildman–Crippen MR) is 133 cm³/mol. The van der Waals surface area contributed by atoms with Gasteiger partial charge in [0.15, 0.2) is 0 Å². The SMILES string of the molecule is Oc1cc[c-]c2ccccc12.Oc1ccc2c[c-]ccc2c1.Oc1cccc2[c-]cccc12.[W].[W].[W].[Y].[Y].[Y]. The van der Waals surface area contributed by atoms with E-state index < -0.39 is 0 Å². The van der Waals surface area contributed by atoms with Gasteiger partial charge in [0.05, 0.1) is 5.75 Å². The summed E-state index contributed by atoms with van der Waals surface area (Å²) in [5.41, 5.74) is 0. The molecule has 3 N–H and O–H groups in total.